The van der Waals surface area contributed by atoms with Gasteiger partial charge < -0.3 is 10.1 Å². The third kappa shape index (κ3) is 4.42. The van der Waals surface area contributed by atoms with Crippen molar-refractivity contribution >= 4 is 33.8 Å². The fraction of sp³-hybridized carbons (Fsp3) is 0.286. The number of imide groups is 1. The number of alkyl carbamates (subject to hydrolysis) is 1. The molecule has 3 rings (SSSR count). The number of hydrogen-bond donors (Lipinski definition) is 1. The SMILES string of the molecule is CC(C)(C)OC(=O)N[C@@H](CN1C(=O)c2ccccc2C1=O)c1ccc(Br)cc1. The van der Waals surface area contributed by atoms with Gasteiger partial charge in [-0.1, -0.05) is 40.2 Å². The van der Waals surface area contributed by atoms with Crippen molar-refractivity contribution in [1.29, 1.82) is 0 Å². The number of fused-ring (bicyclic) bond motifs is 1. The summed E-state index contributed by atoms with van der Waals surface area (Å²) < 4.78 is 6.23. The van der Waals surface area contributed by atoms with Crippen molar-refractivity contribution in [3.05, 3.63) is 69.7 Å². The summed E-state index contributed by atoms with van der Waals surface area (Å²) >= 11 is 3.38. The zero-order valence-corrected chi connectivity index (χ0v) is 17.4. The predicted molar refractivity (Wildman–Crippen MR) is 108 cm³/mol. The lowest BCUT2D eigenvalue weighted by atomic mass is 10.1. The van der Waals surface area contributed by atoms with Crippen LogP contribution in [0.5, 0.6) is 0 Å². The molecule has 3 amide bonds. The topological polar surface area (TPSA) is 75.7 Å². The van der Waals surface area contributed by atoms with Gasteiger partial charge in [-0.2, -0.15) is 0 Å². The zero-order chi connectivity index (χ0) is 20.5. The van der Waals surface area contributed by atoms with Crippen LogP contribution in [0.15, 0.2) is 53.0 Å². The minimum Gasteiger partial charge on any atom is -0.444 e. The summed E-state index contributed by atoms with van der Waals surface area (Å²) in [5, 5.41) is 2.78. The van der Waals surface area contributed by atoms with Crippen molar-refractivity contribution in [1.82, 2.24) is 10.2 Å². The summed E-state index contributed by atoms with van der Waals surface area (Å²) in [6, 6.07) is 13.4. The molecule has 0 fully saturated rings. The summed E-state index contributed by atoms with van der Waals surface area (Å²) in [5.74, 6) is -0.734. The number of hydrogen-bond acceptors (Lipinski definition) is 4. The molecule has 0 aliphatic carbocycles. The minimum absolute atomic E-state index is 0.00716. The molecule has 0 saturated heterocycles. The summed E-state index contributed by atoms with van der Waals surface area (Å²) in [4.78, 5) is 38.9. The highest BCUT2D eigenvalue weighted by Crippen LogP contribution is 2.26. The summed E-state index contributed by atoms with van der Waals surface area (Å²) in [7, 11) is 0. The molecule has 0 bridgehead atoms. The first-order chi connectivity index (χ1) is 13.2. The lowest BCUT2D eigenvalue weighted by molar-refractivity contribution is 0.0467. The lowest BCUT2D eigenvalue weighted by Crippen LogP contribution is -2.42. The maximum Gasteiger partial charge on any atom is 0.408 e. The number of halogens is 1. The van der Waals surface area contributed by atoms with Gasteiger partial charge in [0.2, 0.25) is 0 Å². The van der Waals surface area contributed by atoms with E-state index in [0.717, 1.165) is 14.9 Å². The highest BCUT2D eigenvalue weighted by molar-refractivity contribution is 9.10. The Hall–Kier alpha value is -2.67. The fourth-order valence-corrected chi connectivity index (χ4v) is 3.23. The number of amides is 3. The van der Waals surface area contributed by atoms with Gasteiger partial charge in [0.1, 0.15) is 5.60 Å². The van der Waals surface area contributed by atoms with Gasteiger partial charge in [-0.25, -0.2) is 4.79 Å². The van der Waals surface area contributed by atoms with Gasteiger partial charge in [-0.3, -0.25) is 14.5 Å². The van der Waals surface area contributed by atoms with Crippen LogP contribution in [0.1, 0.15) is 53.1 Å². The second-order valence-electron chi connectivity index (χ2n) is 7.52. The van der Waals surface area contributed by atoms with Crippen molar-refractivity contribution < 1.29 is 19.1 Å². The Bertz CT molecular complexity index is 884. The first-order valence-electron chi connectivity index (χ1n) is 8.86. The summed E-state index contributed by atoms with van der Waals surface area (Å²) in [6.07, 6.45) is -0.614. The molecule has 2 aromatic rings. The van der Waals surface area contributed by atoms with E-state index in [2.05, 4.69) is 21.2 Å². The van der Waals surface area contributed by atoms with Crippen LogP contribution in [0.2, 0.25) is 0 Å². The second-order valence-corrected chi connectivity index (χ2v) is 8.43. The number of carbonyl (C=O) groups is 3. The average Bonchev–Trinajstić information content (AvgIpc) is 2.85. The second kappa shape index (κ2) is 7.75. The van der Waals surface area contributed by atoms with Gasteiger partial charge in [0.25, 0.3) is 11.8 Å². The van der Waals surface area contributed by atoms with E-state index in [4.69, 9.17) is 4.74 Å². The molecule has 28 heavy (non-hydrogen) atoms. The largest absolute Gasteiger partial charge is 0.444 e. The highest BCUT2D eigenvalue weighted by Gasteiger charge is 2.37. The molecule has 0 aromatic heterocycles. The van der Waals surface area contributed by atoms with Crippen molar-refractivity contribution in [3.63, 3.8) is 0 Å². The number of carbonyl (C=O) groups excluding carboxylic acids is 3. The van der Waals surface area contributed by atoms with E-state index in [1.807, 2.05) is 24.3 Å². The Morgan fingerprint density at radius 3 is 2.07 bits per heavy atom. The van der Waals surface area contributed by atoms with Crippen molar-refractivity contribution in [2.45, 2.75) is 32.4 Å². The maximum absolute atomic E-state index is 12.7. The average molecular weight is 445 g/mol. The maximum atomic E-state index is 12.7. The van der Waals surface area contributed by atoms with E-state index in [9.17, 15) is 14.4 Å². The Morgan fingerprint density at radius 1 is 1.04 bits per heavy atom. The third-order valence-electron chi connectivity index (χ3n) is 4.21. The van der Waals surface area contributed by atoms with Crippen molar-refractivity contribution in [2.24, 2.45) is 0 Å². The minimum atomic E-state index is -0.663. The van der Waals surface area contributed by atoms with Crippen LogP contribution in [0.25, 0.3) is 0 Å². The number of nitrogens with zero attached hydrogens (tertiary/aromatic N) is 1. The number of nitrogens with one attached hydrogen (secondary N) is 1. The van der Waals surface area contributed by atoms with Gasteiger partial charge in [0.05, 0.1) is 23.7 Å². The quantitative estimate of drug-likeness (QED) is 0.712. The Morgan fingerprint density at radius 2 is 1.57 bits per heavy atom. The molecule has 2 aromatic carbocycles. The van der Waals surface area contributed by atoms with Crippen LogP contribution < -0.4 is 5.32 Å². The Balaban J connectivity index is 1.85. The zero-order valence-electron chi connectivity index (χ0n) is 15.9. The molecule has 1 aliphatic rings. The molecule has 146 valence electrons. The molecule has 0 spiro atoms. The molecule has 1 atom stereocenters. The van der Waals surface area contributed by atoms with Gasteiger partial charge in [-0.15, -0.1) is 0 Å². The smallest absolute Gasteiger partial charge is 0.408 e. The molecule has 0 unspecified atom stereocenters. The van der Waals surface area contributed by atoms with E-state index in [0.29, 0.717) is 11.1 Å². The lowest BCUT2D eigenvalue weighted by Gasteiger charge is -2.26. The Kier molecular flexibility index (Phi) is 5.56. The first-order valence-corrected chi connectivity index (χ1v) is 9.65. The fourth-order valence-electron chi connectivity index (χ4n) is 2.97. The molecule has 1 heterocycles. The van der Waals surface area contributed by atoms with E-state index in [1.54, 1.807) is 45.0 Å². The standard InChI is InChI=1S/C21H21BrN2O4/c1-21(2,3)28-20(27)23-17(13-8-10-14(22)11-9-13)12-24-18(25)15-6-4-5-7-16(15)19(24)26/h4-11,17H,12H2,1-3H3,(H,23,27)/t17-/m0/s1. The molecule has 1 aliphatic heterocycles. The molecule has 0 radical (unpaired) electrons. The van der Waals surface area contributed by atoms with Gasteiger partial charge >= 0.3 is 6.09 Å². The van der Waals surface area contributed by atoms with E-state index < -0.39 is 17.7 Å². The van der Waals surface area contributed by atoms with Crippen LogP contribution in [0, 0.1) is 0 Å². The summed E-state index contributed by atoms with van der Waals surface area (Å²) in [5.41, 5.74) is 0.841. The van der Waals surface area contributed by atoms with E-state index in [-0.39, 0.29) is 18.4 Å². The third-order valence-corrected chi connectivity index (χ3v) is 4.74. The molecular weight excluding hydrogens is 424 g/mol. The first kappa shape index (κ1) is 20.1. The van der Waals surface area contributed by atoms with Gasteiger partial charge in [0, 0.05) is 4.47 Å². The van der Waals surface area contributed by atoms with Crippen LogP contribution in [0.3, 0.4) is 0 Å². The number of rotatable bonds is 4. The molecule has 6 nitrogen and oxygen atoms in total. The number of ether oxygens (including phenoxy) is 1. The highest BCUT2D eigenvalue weighted by atomic mass is 79.9. The van der Waals surface area contributed by atoms with Crippen molar-refractivity contribution in [2.75, 3.05) is 6.54 Å². The van der Waals surface area contributed by atoms with E-state index >= 15 is 0 Å². The monoisotopic (exact) mass is 444 g/mol. The van der Waals surface area contributed by atoms with Crippen molar-refractivity contribution in [3.8, 4) is 0 Å². The van der Waals surface area contributed by atoms with E-state index in [1.165, 1.54) is 0 Å². The summed E-state index contributed by atoms with van der Waals surface area (Å²) in [6.45, 7) is 5.31. The number of benzene rings is 2. The molecule has 1 N–H and O–H groups in total. The predicted octanol–water partition coefficient (Wildman–Crippen LogP) is 4.31. The van der Waals surface area contributed by atoms with Gasteiger partial charge in [-0.05, 0) is 50.6 Å². The molecule has 0 saturated carbocycles. The molecule has 7 heteroatoms. The van der Waals surface area contributed by atoms with Gasteiger partial charge in [0.15, 0.2) is 0 Å². The van der Waals surface area contributed by atoms with Crippen LogP contribution in [-0.4, -0.2) is 35.0 Å². The normalized spacial score (nSPS) is 14.6. The van der Waals surface area contributed by atoms with Crippen LogP contribution in [0.4, 0.5) is 4.79 Å². The Labute approximate surface area is 172 Å². The molecular formula is C21H21BrN2O4. The van der Waals surface area contributed by atoms with Crippen LogP contribution in [-0.2, 0) is 4.74 Å². The van der Waals surface area contributed by atoms with Crippen LogP contribution >= 0.6 is 15.9 Å².